The van der Waals surface area contributed by atoms with Crippen LogP contribution in [-0.2, 0) is 12.8 Å². The minimum absolute atomic E-state index is 0.845. The molecule has 0 nitrogen and oxygen atoms in total. The Kier molecular flexibility index (Phi) is 4.33. The average Bonchev–Trinajstić information content (AvgIpc) is 2.37. The lowest BCUT2D eigenvalue weighted by molar-refractivity contribution is 0.872. The van der Waals surface area contributed by atoms with Crippen LogP contribution < -0.4 is 5.04 Å². The van der Waals surface area contributed by atoms with Gasteiger partial charge in [-0.05, 0) is 39.0 Å². The summed E-state index contributed by atoms with van der Waals surface area (Å²) in [6.45, 7) is 4.48. The van der Waals surface area contributed by atoms with Gasteiger partial charge in [0.05, 0.1) is 0 Å². The Labute approximate surface area is 79.4 Å². The average molecular weight is 198 g/mol. The van der Waals surface area contributed by atoms with Crippen molar-refractivity contribution < 1.29 is 0 Å². The van der Waals surface area contributed by atoms with Gasteiger partial charge in [0.2, 0.25) is 0 Å². The van der Waals surface area contributed by atoms with Crippen molar-refractivity contribution >= 4 is 22.5 Å². The molecule has 1 atom stereocenters. The van der Waals surface area contributed by atoms with Crippen molar-refractivity contribution in [3.8, 4) is 0 Å². The van der Waals surface area contributed by atoms with Crippen molar-refractivity contribution in [2.24, 2.45) is 0 Å². The summed E-state index contributed by atoms with van der Waals surface area (Å²) in [5.74, 6) is 2.37. The molecule has 1 heterocycles. The summed E-state index contributed by atoms with van der Waals surface area (Å²) in [4.78, 5) is 0. The number of rotatable bonds is 4. The zero-order valence-corrected chi connectivity index (χ0v) is 9.75. The van der Waals surface area contributed by atoms with Crippen LogP contribution in [0.2, 0.25) is 0 Å². The summed E-state index contributed by atoms with van der Waals surface area (Å²) in [5.41, 5.74) is 3.11. The van der Waals surface area contributed by atoms with E-state index in [0.717, 1.165) is 8.19 Å². The van der Waals surface area contributed by atoms with Gasteiger partial charge in [0.25, 0.3) is 0 Å². The van der Waals surface area contributed by atoms with E-state index >= 15 is 0 Å². The third-order valence-corrected chi connectivity index (χ3v) is 3.80. The molecule has 0 aromatic carbocycles. The zero-order valence-electron chi connectivity index (χ0n) is 7.85. The van der Waals surface area contributed by atoms with Crippen molar-refractivity contribution in [1.82, 2.24) is 0 Å². The van der Waals surface area contributed by atoms with Crippen LogP contribution in [0.1, 0.15) is 37.8 Å². The Balaban J connectivity index is 2.80. The monoisotopic (exact) mass is 198 g/mol. The van der Waals surface area contributed by atoms with Gasteiger partial charge >= 0.3 is 0 Å². The van der Waals surface area contributed by atoms with E-state index in [0.29, 0.717) is 0 Å². The molecule has 0 amide bonds. The van der Waals surface area contributed by atoms with Gasteiger partial charge in [0.1, 0.15) is 0 Å². The topological polar surface area (TPSA) is 0 Å². The molecular weight excluding hydrogens is 182 g/mol. The molecule has 1 aromatic heterocycles. The largest absolute Gasteiger partial charge is 0.130 e. The summed E-state index contributed by atoms with van der Waals surface area (Å²) in [5, 5.41) is 1.33. The molecule has 0 saturated carbocycles. The van der Waals surface area contributed by atoms with Crippen LogP contribution in [0.15, 0.2) is 5.80 Å². The molecule has 0 bridgehead atoms. The first-order valence-electron chi connectivity index (χ1n) is 4.67. The maximum Gasteiger partial charge on any atom is 0.00577 e. The Morgan fingerprint density at radius 3 is 2.50 bits per heavy atom. The molecule has 0 aliphatic carbocycles. The van der Waals surface area contributed by atoms with E-state index in [-0.39, 0.29) is 0 Å². The molecule has 1 rings (SSSR count). The molecule has 0 fully saturated rings. The molecule has 1 aromatic rings. The SMILES string of the molecule is CCCc1c[pH]c([P])c1CCC. The Bertz CT molecular complexity index is 238. The molecule has 12 heavy (non-hydrogen) atoms. The van der Waals surface area contributed by atoms with Gasteiger partial charge < -0.3 is 0 Å². The van der Waals surface area contributed by atoms with E-state index in [9.17, 15) is 0 Å². The first-order chi connectivity index (χ1) is 5.79. The van der Waals surface area contributed by atoms with Crippen molar-refractivity contribution in [1.29, 1.82) is 0 Å². The zero-order chi connectivity index (χ0) is 8.97. The van der Waals surface area contributed by atoms with E-state index in [2.05, 4.69) is 28.9 Å². The summed E-state index contributed by atoms with van der Waals surface area (Å²) < 4.78 is 0. The van der Waals surface area contributed by atoms with E-state index in [1.807, 2.05) is 0 Å². The van der Waals surface area contributed by atoms with Crippen LogP contribution >= 0.6 is 17.4 Å². The fourth-order valence-corrected chi connectivity index (χ4v) is 3.04. The number of hydrogen-bond donors (Lipinski definition) is 0. The molecule has 2 radical (unpaired) electrons. The lowest BCUT2D eigenvalue weighted by Crippen LogP contribution is -1.97. The van der Waals surface area contributed by atoms with Gasteiger partial charge in [-0.15, -0.1) is 8.19 Å². The van der Waals surface area contributed by atoms with Crippen molar-refractivity contribution in [3.05, 3.63) is 16.9 Å². The van der Waals surface area contributed by atoms with Crippen LogP contribution in [-0.4, -0.2) is 0 Å². The van der Waals surface area contributed by atoms with E-state index in [1.165, 1.54) is 30.7 Å². The second kappa shape index (κ2) is 5.05. The first-order valence-corrected chi connectivity index (χ1v) is 6.20. The van der Waals surface area contributed by atoms with Crippen LogP contribution in [0.5, 0.6) is 0 Å². The van der Waals surface area contributed by atoms with Gasteiger partial charge in [-0.2, -0.15) is 0 Å². The minimum Gasteiger partial charge on any atom is -0.130 e. The maximum atomic E-state index is 4.51. The second-order valence-electron chi connectivity index (χ2n) is 3.14. The van der Waals surface area contributed by atoms with Crippen molar-refractivity contribution in [2.45, 2.75) is 39.5 Å². The predicted molar refractivity (Wildman–Crippen MR) is 60.5 cm³/mol. The van der Waals surface area contributed by atoms with Gasteiger partial charge in [0.15, 0.2) is 0 Å². The smallest absolute Gasteiger partial charge is 0.00577 e. The highest BCUT2D eigenvalue weighted by atomic mass is 31.1. The number of hydrogen-bond acceptors (Lipinski definition) is 0. The summed E-state index contributed by atoms with van der Waals surface area (Å²) in [6.07, 6.45) is 4.96. The lowest BCUT2D eigenvalue weighted by atomic mass is 10.1. The summed E-state index contributed by atoms with van der Waals surface area (Å²) in [6, 6.07) is 0. The van der Waals surface area contributed by atoms with E-state index in [1.54, 1.807) is 11.1 Å². The molecule has 0 saturated heterocycles. The molecule has 66 valence electrons. The minimum atomic E-state index is 0.845. The first kappa shape index (κ1) is 10.3. The normalized spacial score (nSPS) is 11.2. The Hall–Kier alpha value is 0.210. The summed E-state index contributed by atoms with van der Waals surface area (Å²) in [7, 11) is 5.36. The lowest BCUT2D eigenvalue weighted by Gasteiger charge is -2.02. The van der Waals surface area contributed by atoms with Gasteiger partial charge in [-0.25, -0.2) is 0 Å². The highest BCUT2D eigenvalue weighted by molar-refractivity contribution is 7.51. The van der Waals surface area contributed by atoms with Crippen molar-refractivity contribution in [3.63, 3.8) is 0 Å². The quantitative estimate of drug-likeness (QED) is 0.647. The third-order valence-electron chi connectivity index (χ3n) is 2.08. The fourth-order valence-electron chi connectivity index (χ4n) is 1.50. The third kappa shape index (κ3) is 2.35. The predicted octanol–water partition coefficient (Wildman–Crippen LogP) is 3.66. The van der Waals surface area contributed by atoms with Crippen LogP contribution in [0.25, 0.3) is 0 Å². The van der Waals surface area contributed by atoms with Crippen LogP contribution in [0.3, 0.4) is 0 Å². The van der Waals surface area contributed by atoms with E-state index < -0.39 is 0 Å². The Morgan fingerprint density at radius 2 is 1.92 bits per heavy atom. The fraction of sp³-hybridized carbons (Fsp3) is 0.600. The van der Waals surface area contributed by atoms with Crippen LogP contribution in [0, 0.1) is 0 Å². The van der Waals surface area contributed by atoms with E-state index in [4.69, 9.17) is 0 Å². The standard InChI is InChI=1S/C10H16P2/c1-3-5-8-7-12-10(11)9(8)6-4-2/h7,12H,3-6H2,1-2H3. The molecule has 1 unspecified atom stereocenters. The number of aryl methyl sites for hydroxylation is 1. The molecule has 0 spiro atoms. The van der Waals surface area contributed by atoms with Crippen molar-refractivity contribution in [2.75, 3.05) is 0 Å². The molecule has 0 aliphatic rings. The molecule has 0 aliphatic heterocycles. The summed E-state index contributed by atoms with van der Waals surface area (Å²) >= 11 is 0. The van der Waals surface area contributed by atoms with Crippen LogP contribution in [0.4, 0.5) is 0 Å². The second-order valence-corrected chi connectivity index (χ2v) is 5.09. The molecule has 0 N–H and O–H groups in total. The molecular formula is C10H16P2. The van der Waals surface area contributed by atoms with Gasteiger partial charge in [0, 0.05) is 5.04 Å². The van der Waals surface area contributed by atoms with Gasteiger partial charge in [-0.3, -0.25) is 0 Å². The highest BCUT2D eigenvalue weighted by Crippen LogP contribution is 2.21. The van der Waals surface area contributed by atoms with Gasteiger partial charge in [-0.1, -0.05) is 26.7 Å². The maximum absolute atomic E-state index is 4.51. The Morgan fingerprint density at radius 1 is 1.25 bits per heavy atom. The molecule has 2 heteroatoms. The highest BCUT2D eigenvalue weighted by Gasteiger charge is 2.05.